The zero-order valence-electron chi connectivity index (χ0n) is 25.9. The molecule has 230 valence electrons. The van der Waals surface area contributed by atoms with Crippen LogP contribution in [0.3, 0.4) is 0 Å². The predicted octanol–water partition coefficient (Wildman–Crippen LogP) is 6.26. The van der Waals surface area contributed by atoms with Gasteiger partial charge in [-0.15, -0.1) is 6.58 Å². The van der Waals surface area contributed by atoms with Gasteiger partial charge in [0.2, 0.25) is 12.2 Å². The van der Waals surface area contributed by atoms with Crippen molar-refractivity contribution in [1.82, 2.24) is 30.2 Å². The molecule has 0 radical (unpaired) electrons. The summed E-state index contributed by atoms with van der Waals surface area (Å²) in [6, 6.07) is 11.5. The van der Waals surface area contributed by atoms with Crippen molar-refractivity contribution in [3.63, 3.8) is 0 Å². The lowest BCUT2D eigenvalue weighted by Gasteiger charge is -2.25. The van der Waals surface area contributed by atoms with Crippen LogP contribution in [0, 0.1) is 5.41 Å². The second-order valence-electron chi connectivity index (χ2n) is 9.49. The fourth-order valence-electron chi connectivity index (χ4n) is 3.73. The van der Waals surface area contributed by atoms with Crippen molar-refractivity contribution in [2.45, 2.75) is 60.3 Å². The molecule has 5 rings (SSSR count). The number of imidazole rings is 1. The number of H-pyrrole nitrogens is 1. The molecule has 2 atom stereocenters. The smallest absolute Gasteiger partial charge is 0.228 e. The molecule has 0 spiro atoms. The maximum Gasteiger partial charge on any atom is 0.228 e. The Labute approximate surface area is 254 Å². The standard InChI is InChI=1S/C24H24N6O3.C4H8.C3H7N.C2H6/c1-24(23(31)29-13-17-4-2-3-8-25-17)7-11-32-22(33-15-24)21-28-14-20(30-21)16-5-6-18-19(12-16)27-10-9-26-18;1-3-4-2;1-2-3-4;1-2/h2-6,8-10,12,14,22H,7,11,13,15H2,1H3,(H,28,30)(H,29,31);3H,1,4H2,2H3;2-3H,4H2,1H3;1-2H3/b;;3-2-;/t22-,24?;;;/m1.../s1. The van der Waals surface area contributed by atoms with Crippen LogP contribution in [-0.4, -0.2) is 44.0 Å². The molecule has 1 amide bonds. The molecule has 3 aromatic heterocycles. The number of fused-ring (bicyclic) bond motifs is 1. The third kappa shape index (κ3) is 10.7. The van der Waals surface area contributed by atoms with Crippen LogP contribution < -0.4 is 11.1 Å². The number of benzene rings is 1. The number of hydrogen-bond acceptors (Lipinski definition) is 8. The van der Waals surface area contributed by atoms with Crippen molar-refractivity contribution in [1.29, 1.82) is 0 Å². The number of aromatic nitrogens is 5. The van der Waals surface area contributed by atoms with Crippen molar-refractivity contribution in [2.24, 2.45) is 11.1 Å². The zero-order valence-corrected chi connectivity index (χ0v) is 25.9. The maximum atomic E-state index is 12.9. The molecule has 0 saturated carbocycles. The van der Waals surface area contributed by atoms with Crippen LogP contribution in [0.25, 0.3) is 22.3 Å². The number of hydrogen-bond donors (Lipinski definition) is 3. The first-order chi connectivity index (χ1) is 20.9. The number of pyridine rings is 1. The Kier molecular flexibility index (Phi) is 15.3. The molecule has 43 heavy (non-hydrogen) atoms. The SMILES string of the molecule is C/C=C\N.C=CCC.CC.CC1(C(=O)NCc2ccccn2)CCO[C@@H](c2ncc(-c3ccc4nccnc4c3)[nH]2)OC1. The third-order valence-corrected chi connectivity index (χ3v) is 6.26. The summed E-state index contributed by atoms with van der Waals surface area (Å²) < 4.78 is 11.9. The summed E-state index contributed by atoms with van der Waals surface area (Å²) in [7, 11) is 0. The fraction of sp³-hybridized carbons (Fsp3) is 0.364. The number of carbonyl (C=O) groups excluding carboxylic acids is 1. The molecule has 1 aliphatic heterocycles. The summed E-state index contributed by atoms with van der Waals surface area (Å²) in [5, 5.41) is 2.96. The Morgan fingerprint density at radius 3 is 2.49 bits per heavy atom. The molecule has 4 aromatic rings. The summed E-state index contributed by atoms with van der Waals surface area (Å²) >= 11 is 0. The van der Waals surface area contributed by atoms with Crippen molar-refractivity contribution >= 4 is 16.9 Å². The normalized spacial score (nSPS) is 17.7. The van der Waals surface area contributed by atoms with Crippen LogP contribution in [0.2, 0.25) is 0 Å². The minimum atomic E-state index is -0.712. The topological polar surface area (TPSA) is 141 Å². The summed E-state index contributed by atoms with van der Waals surface area (Å²) in [5.41, 5.74) is 8.34. The quantitative estimate of drug-likeness (QED) is 0.225. The van der Waals surface area contributed by atoms with E-state index in [0.717, 1.165) is 34.4 Å². The van der Waals surface area contributed by atoms with E-state index in [-0.39, 0.29) is 12.5 Å². The largest absolute Gasteiger partial charge is 0.405 e. The number of allylic oxidation sites excluding steroid dienone is 2. The van der Waals surface area contributed by atoms with Crippen LogP contribution in [0.5, 0.6) is 0 Å². The van der Waals surface area contributed by atoms with Gasteiger partial charge in [0, 0.05) is 24.2 Å². The molecule has 0 aliphatic carbocycles. The van der Waals surface area contributed by atoms with Gasteiger partial charge in [0.05, 0.1) is 53.8 Å². The van der Waals surface area contributed by atoms with Gasteiger partial charge in [0.15, 0.2) is 5.82 Å². The number of nitrogens with zero attached hydrogens (tertiary/aromatic N) is 4. The van der Waals surface area contributed by atoms with E-state index >= 15 is 0 Å². The van der Waals surface area contributed by atoms with Gasteiger partial charge in [-0.1, -0.05) is 45.1 Å². The minimum absolute atomic E-state index is 0.0881. The second kappa shape index (κ2) is 18.9. The van der Waals surface area contributed by atoms with Gasteiger partial charge in [-0.25, -0.2) is 4.98 Å². The van der Waals surface area contributed by atoms with Gasteiger partial charge in [-0.2, -0.15) is 0 Å². The number of carbonyl (C=O) groups is 1. The number of amides is 1. The molecule has 10 heteroatoms. The minimum Gasteiger partial charge on any atom is -0.405 e. The predicted molar refractivity (Wildman–Crippen MR) is 171 cm³/mol. The van der Waals surface area contributed by atoms with Gasteiger partial charge >= 0.3 is 0 Å². The maximum absolute atomic E-state index is 12.9. The lowest BCUT2D eigenvalue weighted by atomic mass is 9.87. The lowest BCUT2D eigenvalue weighted by molar-refractivity contribution is -0.149. The van der Waals surface area contributed by atoms with Crippen LogP contribution in [0.15, 0.2) is 86.1 Å². The molecule has 10 nitrogen and oxygen atoms in total. The molecule has 4 heterocycles. The molecule has 1 saturated heterocycles. The van der Waals surface area contributed by atoms with E-state index in [4.69, 9.17) is 15.2 Å². The van der Waals surface area contributed by atoms with E-state index in [1.54, 1.807) is 30.9 Å². The third-order valence-electron chi connectivity index (χ3n) is 6.26. The number of rotatable bonds is 6. The summed E-state index contributed by atoms with van der Waals surface area (Å²) in [6.07, 6.45) is 12.9. The molecule has 0 bridgehead atoms. The molecule has 1 aliphatic rings. The first kappa shape index (κ1) is 34.8. The summed E-state index contributed by atoms with van der Waals surface area (Å²) in [5.74, 6) is 0.470. The zero-order chi connectivity index (χ0) is 31.5. The van der Waals surface area contributed by atoms with Gasteiger partial charge < -0.3 is 25.5 Å². The van der Waals surface area contributed by atoms with Crippen LogP contribution in [-0.2, 0) is 20.8 Å². The van der Waals surface area contributed by atoms with Crippen molar-refractivity contribution in [3.8, 4) is 11.3 Å². The summed E-state index contributed by atoms with van der Waals surface area (Å²) in [4.78, 5) is 33.5. The Balaban J connectivity index is 0.000000569. The van der Waals surface area contributed by atoms with Crippen molar-refractivity contribution < 1.29 is 14.3 Å². The number of nitrogens with two attached hydrogens (primary N) is 1. The Morgan fingerprint density at radius 2 is 1.84 bits per heavy atom. The Bertz CT molecular complexity index is 1400. The van der Waals surface area contributed by atoms with Crippen LogP contribution >= 0.6 is 0 Å². The number of aromatic amines is 1. The fourth-order valence-corrected chi connectivity index (χ4v) is 3.73. The van der Waals surface area contributed by atoms with Crippen LogP contribution in [0.1, 0.15) is 65.3 Å². The Hall–Kier alpha value is -4.41. The number of ether oxygens (including phenoxy) is 2. The average Bonchev–Trinajstić information content (AvgIpc) is 3.48. The average molecular weight is 588 g/mol. The highest BCUT2D eigenvalue weighted by Crippen LogP contribution is 2.32. The van der Waals surface area contributed by atoms with Gasteiger partial charge in [-0.05, 0) is 57.2 Å². The van der Waals surface area contributed by atoms with Gasteiger partial charge in [0.25, 0.3) is 0 Å². The molecular formula is C33H45N7O3. The van der Waals surface area contributed by atoms with E-state index in [1.165, 1.54) is 6.20 Å². The number of nitrogens with one attached hydrogen (secondary N) is 2. The molecule has 4 N–H and O–H groups in total. The van der Waals surface area contributed by atoms with Crippen molar-refractivity contribution in [2.75, 3.05) is 13.2 Å². The van der Waals surface area contributed by atoms with E-state index in [1.807, 2.05) is 70.2 Å². The lowest BCUT2D eigenvalue weighted by Crippen LogP contribution is -2.41. The molecule has 1 aromatic carbocycles. The molecular weight excluding hydrogens is 542 g/mol. The van der Waals surface area contributed by atoms with Gasteiger partial charge in [-0.3, -0.25) is 19.7 Å². The van der Waals surface area contributed by atoms with E-state index in [0.29, 0.717) is 25.4 Å². The van der Waals surface area contributed by atoms with Crippen molar-refractivity contribution in [3.05, 3.63) is 97.6 Å². The monoisotopic (exact) mass is 587 g/mol. The van der Waals surface area contributed by atoms with Crippen LogP contribution in [0.4, 0.5) is 0 Å². The summed E-state index contributed by atoms with van der Waals surface area (Å²) in [6.45, 7) is 14.3. The van der Waals surface area contributed by atoms with E-state index < -0.39 is 11.7 Å². The first-order valence-corrected chi connectivity index (χ1v) is 14.5. The molecule has 1 fully saturated rings. The van der Waals surface area contributed by atoms with Gasteiger partial charge in [0.1, 0.15) is 0 Å². The van der Waals surface area contributed by atoms with E-state index in [2.05, 4.69) is 43.7 Å². The highest BCUT2D eigenvalue weighted by Gasteiger charge is 2.37. The van der Waals surface area contributed by atoms with E-state index in [9.17, 15) is 4.79 Å². The highest BCUT2D eigenvalue weighted by molar-refractivity contribution is 5.82. The highest BCUT2D eigenvalue weighted by atomic mass is 16.7. The first-order valence-electron chi connectivity index (χ1n) is 14.5. The second-order valence-corrected chi connectivity index (χ2v) is 9.49. The molecule has 1 unspecified atom stereocenters. The Morgan fingerprint density at radius 1 is 1.12 bits per heavy atom.